The van der Waals surface area contributed by atoms with E-state index in [0.717, 1.165) is 0 Å². The predicted octanol–water partition coefficient (Wildman–Crippen LogP) is 3.33. The molecule has 0 spiro atoms. The molecule has 0 saturated heterocycles. The number of halogens is 4. The molecule has 2 nitrogen and oxygen atoms in total. The van der Waals surface area contributed by atoms with Crippen LogP contribution in [0.3, 0.4) is 0 Å². The average molecular weight is 286 g/mol. The van der Waals surface area contributed by atoms with E-state index in [1.54, 1.807) is 0 Å². The van der Waals surface area contributed by atoms with E-state index in [4.69, 9.17) is 4.74 Å². The van der Waals surface area contributed by atoms with Gasteiger partial charge in [-0.25, -0.2) is 17.6 Å². The molecule has 0 aromatic heterocycles. The Kier molecular flexibility index (Phi) is 3.94. The molecule has 0 aliphatic heterocycles. The van der Waals surface area contributed by atoms with Gasteiger partial charge in [-0.1, -0.05) is 12.1 Å². The smallest absolute Gasteiger partial charge is 0.194 e. The fourth-order valence-corrected chi connectivity index (χ4v) is 1.81. The fourth-order valence-electron chi connectivity index (χ4n) is 1.81. The van der Waals surface area contributed by atoms with Crippen molar-refractivity contribution in [2.45, 2.75) is 6.10 Å². The van der Waals surface area contributed by atoms with Crippen LogP contribution in [-0.4, -0.2) is 12.2 Å². The first kappa shape index (κ1) is 14.3. The van der Waals surface area contributed by atoms with Crippen LogP contribution < -0.4 is 4.74 Å². The zero-order chi connectivity index (χ0) is 14.9. The normalized spacial score (nSPS) is 12.3. The Morgan fingerprint density at radius 1 is 1.00 bits per heavy atom. The van der Waals surface area contributed by atoms with Crippen molar-refractivity contribution in [3.63, 3.8) is 0 Å². The Balaban J connectivity index is 2.49. The van der Waals surface area contributed by atoms with Crippen LogP contribution in [0.2, 0.25) is 0 Å². The molecule has 0 saturated carbocycles. The van der Waals surface area contributed by atoms with Gasteiger partial charge in [0, 0.05) is 5.56 Å². The van der Waals surface area contributed by atoms with E-state index in [1.165, 1.54) is 25.3 Å². The summed E-state index contributed by atoms with van der Waals surface area (Å²) in [4.78, 5) is 0. The maximum Gasteiger partial charge on any atom is 0.194 e. The van der Waals surface area contributed by atoms with Crippen LogP contribution in [0.4, 0.5) is 17.6 Å². The predicted molar refractivity (Wildman–Crippen MR) is 63.3 cm³/mol. The molecule has 0 amide bonds. The molecule has 0 heterocycles. The van der Waals surface area contributed by atoms with Crippen molar-refractivity contribution in [2.75, 3.05) is 7.11 Å². The highest BCUT2D eigenvalue weighted by molar-refractivity contribution is 5.37. The van der Waals surface area contributed by atoms with Gasteiger partial charge >= 0.3 is 0 Å². The van der Waals surface area contributed by atoms with Crippen LogP contribution in [-0.2, 0) is 0 Å². The van der Waals surface area contributed by atoms with Crippen LogP contribution >= 0.6 is 0 Å². The van der Waals surface area contributed by atoms with Gasteiger partial charge in [-0.3, -0.25) is 0 Å². The van der Waals surface area contributed by atoms with Gasteiger partial charge in [0.15, 0.2) is 29.0 Å². The van der Waals surface area contributed by atoms with Crippen LogP contribution in [0.1, 0.15) is 17.2 Å². The van der Waals surface area contributed by atoms with E-state index in [9.17, 15) is 22.7 Å². The van der Waals surface area contributed by atoms with Crippen molar-refractivity contribution in [1.82, 2.24) is 0 Å². The first-order valence-corrected chi connectivity index (χ1v) is 5.60. The van der Waals surface area contributed by atoms with E-state index >= 15 is 0 Å². The minimum atomic E-state index is -1.65. The Bertz CT molecular complexity index is 620. The van der Waals surface area contributed by atoms with Gasteiger partial charge in [-0.05, 0) is 23.8 Å². The molecule has 2 rings (SSSR count). The quantitative estimate of drug-likeness (QED) is 0.692. The summed E-state index contributed by atoms with van der Waals surface area (Å²) >= 11 is 0. The Morgan fingerprint density at radius 3 is 2.15 bits per heavy atom. The van der Waals surface area contributed by atoms with Crippen LogP contribution in [0.5, 0.6) is 5.75 Å². The van der Waals surface area contributed by atoms with Crippen LogP contribution in [0.15, 0.2) is 30.3 Å². The molecular formula is C14H10F4O2. The molecule has 1 unspecified atom stereocenters. The van der Waals surface area contributed by atoms with Gasteiger partial charge in [0.05, 0.1) is 7.11 Å². The van der Waals surface area contributed by atoms with Crippen molar-refractivity contribution in [3.8, 4) is 5.75 Å². The van der Waals surface area contributed by atoms with Gasteiger partial charge in [0.25, 0.3) is 0 Å². The van der Waals surface area contributed by atoms with Crippen molar-refractivity contribution >= 4 is 0 Å². The highest BCUT2D eigenvalue weighted by Crippen LogP contribution is 2.30. The third-order valence-electron chi connectivity index (χ3n) is 2.83. The van der Waals surface area contributed by atoms with E-state index in [0.29, 0.717) is 12.1 Å². The summed E-state index contributed by atoms with van der Waals surface area (Å²) in [6.07, 6.45) is -1.64. The van der Waals surface area contributed by atoms with Crippen molar-refractivity contribution in [2.24, 2.45) is 0 Å². The maximum atomic E-state index is 13.9. The molecule has 20 heavy (non-hydrogen) atoms. The van der Waals surface area contributed by atoms with Gasteiger partial charge in [0.1, 0.15) is 6.10 Å². The number of benzene rings is 2. The van der Waals surface area contributed by atoms with E-state index in [1.807, 2.05) is 0 Å². The van der Waals surface area contributed by atoms with E-state index in [2.05, 4.69) is 0 Å². The lowest BCUT2D eigenvalue weighted by atomic mass is 10.0. The Labute approximate surface area is 112 Å². The number of hydrogen-bond acceptors (Lipinski definition) is 2. The number of aliphatic hydroxyl groups is 1. The number of hydrogen-bond donors (Lipinski definition) is 1. The summed E-state index contributed by atoms with van der Waals surface area (Å²) in [6.45, 7) is 0. The number of methoxy groups -OCH3 is 1. The van der Waals surface area contributed by atoms with E-state index < -0.39 is 29.4 Å². The second kappa shape index (κ2) is 5.50. The lowest BCUT2D eigenvalue weighted by Gasteiger charge is -2.14. The molecule has 0 aliphatic rings. The second-order valence-corrected chi connectivity index (χ2v) is 4.06. The lowest BCUT2D eigenvalue weighted by Crippen LogP contribution is -2.06. The lowest BCUT2D eigenvalue weighted by molar-refractivity contribution is 0.211. The van der Waals surface area contributed by atoms with Crippen molar-refractivity contribution < 1.29 is 27.4 Å². The molecule has 2 aromatic carbocycles. The Hall–Kier alpha value is -2.08. The molecule has 1 N–H and O–H groups in total. The maximum absolute atomic E-state index is 13.9. The third kappa shape index (κ3) is 2.46. The molecule has 106 valence electrons. The molecule has 2 aromatic rings. The van der Waals surface area contributed by atoms with Crippen molar-refractivity contribution in [3.05, 3.63) is 64.7 Å². The number of ether oxygens (including phenoxy) is 1. The monoisotopic (exact) mass is 286 g/mol. The second-order valence-electron chi connectivity index (χ2n) is 4.06. The number of aliphatic hydroxyl groups excluding tert-OH is 1. The summed E-state index contributed by atoms with van der Waals surface area (Å²) in [6, 6.07) is 5.21. The fraction of sp³-hybridized carbons (Fsp3) is 0.143. The first-order chi connectivity index (χ1) is 9.45. The zero-order valence-electron chi connectivity index (χ0n) is 10.3. The summed E-state index contributed by atoms with van der Waals surface area (Å²) < 4.78 is 57.8. The third-order valence-corrected chi connectivity index (χ3v) is 2.83. The topological polar surface area (TPSA) is 29.5 Å². The molecule has 1 atom stereocenters. The highest BCUT2D eigenvalue weighted by atomic mass is 19.2. The molecule has 6 heteroatoms. The van der Waals surface area contributed by atoms with Gasteiger partial charge in [-0.15, -0.1) is 0 Å². The summed E-state index contributed by atoms with van der Waals surface area (Å²) in [5.74, 6) is -5.53. The number of rotatable bonds is 3. The standard InChI is InChI=1S/C14H10F4O2/c1-20-11-4-2-3-8(12(11)17)14(19)7-5-9(15)13(18)10(16)6-7/h2-6,14,19H,1H3. The van der Waals surface area contributed by atoms with Gasteiger partial charge in [0.2, 0.25) is 0 Å². The minimum Gasteiger partial charge on any atom is -0.494 e. The summed E-state index contributed by atoms with van der Waals surface area (Å²) in [7, 11) is 1.24. The van der Waals surface area contributed by atoms with Crippen LogP contribution in [0.25, 0.3) is 0 Å². The van der Waals surface area contributed by atoms with Gasteiger partial charge in [-0.2, -0.15) is 0 Å². The molecule has 0 radical (unpaired) electrons. The molecule has 0 aliphatic carbocycles. The largest absolute Gasteiger partial charge is 0.494 e. The average Bonchev–Trinajstić information content (AvgIpc) is 2.43. The first-order valence-electron chi connectivity index (χ1n) is 5.60. The Morgan fingerprint density at radius 2 is 1.60 bits per heavy atom. The zero-order valence-corrected chi connectivity index (χ0v) is 10.3. The SMILES string of the molecule is COc1cccc(C(O)c2cc(F)c(F)c(F)c2)c1F. The summed E-state index contributed by atoms with van der Waals surface area (Å²) in [5.41, 5.74) is -0.525. The minimum absolute atomic E-state index is 0.121. The van der Waals surface area contributed by atoms with E-state index in [-0.39, 0.29) is 16.9 Å². The van der Waals surface area contributed by atoms with Gasteiger partial charge < -0.3 is 9.84 Å². The van der Waals surface area contributed by atoms with Crippen molar-refractivity contribution in [1.29, 1.82) is 0 Å². The molecule has 0 bridgehead atoms. The molecule has 0 fully saturated rings. The van der Waals surface area contributed by atoms with Crippen LogP contribution in [0, 0.1) is 23.3 Å². The highest BCUT2D eigenvalue weighted by Gasteiger charge is 2.21. The summed E-state index contributed by atoms with van der Waals surface area (Å²) in [5, 5.41) is 9.98. The molecular weight excluding hydrogens is 276 g/mol.